The zero-order chi connectivity index (χ0) is 10.8. The van der Waals surface area contributed by atoms with Gasteiger partial charge in [-0.25, -0.2) is 0 Å². The van der Waals surface area contributed by atoms with Crippen LogP contribution in [-0.4, -0.2) is 11.1 Å². The van der Waals surface area contributed by atoms with Gasteiger partial charge in [-0.05, 0) is 12.1 Å². The van der Waals surface area contributed by atoms with Gasteiger partial charge in [-0.1, -0.05) is 28.9 Å². The number of aromatic nitrogens is 1. The molecule has 2 aromatic rings. The summed E-state index contributed by atoms with van der Waals surface area (Å²) >= 11 is 5.82. The first-order valence-corrected chi connectivity index (χ1v) is 4.56. The van der Waals surface area contributed by atoms with Crippen molar-refractivity contribution in [3.63, 3.8) is 0 Å². The number of benzene rings is 1. The van der Waals surface area contributed by atoms with Crippen LogP contribution in [0.1, 0.15) is 10.4 Å². The maximum atomic E-state index is 11.0. The van der Waals surface area contributed by atoms with Crippen LogP contribution in [0.25, 0.3) is 11.3 Å². The van der Waals surface area contributed by atoms with E-state index < -0.39 is 5.91 Å². The smallest absolute Gasteiger partial charge is 0.254 e. The zero-order valence-corrected chi connectivity index (χ0v) is 8.36. The van der Waals surface area contributed by atoms with Crippen LogP contribution in [0.15, 0.2) is 35.1 Å². The number of nitrogens with two attached hydrogens (primary N) is 1. The Hall–Kier alpha value is -1.81. The standard InChI is InChI=1S/C10H7ClN2O2/c11-7-3-1-2-6(4-7)9-8(10(12)14)5-15-13-9/h1-5H,(H2,12,14). The normalized spacial score (nSPS) is 10.2. The third kappa shape index (κ3) is 1.85. The SMILES string of the molecule is NC(=O)c1conc1-c1cccc(Cl)c1. The first-order chi connectivity index (χ1) is 7.18. The average molecular weight is 223 g/mol. The van der Waals surface area contributed by atoms with E-state index in [1.807, 2.05) is 0 Å². The highest BCUT2D eigenvalue weighted by atomic mass is 35.5. The predicted molar refractivity (Wildman–Crippen MR) is 55.5 cm³/mol. The summed E-state index contributed by atoms with van der Waals surface area (Å²) in [6.07, 6.45) is 1.22. The van der Waals surface area contributed by atoms with Crippen molar-refractivity contribution in [3.8, 4) is 11.3 Å². The number of halogens is 1. The van der Waals surface area contributed by atoms with E-state index >= 15 is 0 Å². The number of rotatable bonds is 2. The molecule has 0 fully saturated rings. The molecule has 0 aliphatic heterocycles. The van der Waals surface area contributed by atoms with E-state index in [1.165, 1.54) is 6.26 Å². The van der Waals surface area contributed by atoms with Crippen LogP contribution >= 0.6 is 11.6 Å². The first kappa shape index (κ1) is 9.73. The fourth-order valence-electron chi connectivity index (χ4n) is 1.26. The third-order valence-electron chi connectivity index (χ3n) is 1.93. The molecule has 0 spiro atoms. The number of hydrogen-bond acceptors (Lipinski definition) is 3. The van der Waals surface area contributed by atoms with Crippen LogP contribution in [0, 0.1) is 0 Å². The van der Waals surface area contributed by atoms with Crippen LogP contribution < -0.4 is 5.73 Å². The predicted octanol–water partition coefficient (Wildman–Crippen LogP) is 2.09. The third-order valence-corrected chi connectivity index (χ3v) is 2.17. The number of hydrogen-bond donors (Lipinski definition) is 1. The molecule has 76 valence electrons. The second kappa shape index (κ2) is 3.74. The van der Waals surface area contributed by atoms with Gasteiger partial charge in [0.1, 0.15) is 17.5 Å². The van der Waals surface area contributed by atoms with Gasteiger partial charge in [0.05, 0.1) is 0 Å². The summed E-state index contributed by atoms with van der Waals surface area (Å²) in [6, 6.07) is 6.95. The molecule has 0 saturated carbocycles. The quantitative estimate of drug-likeness (QED) is 0.846. The van der Waals surface area contributed by atoms with Crippen molar-refractivity contribution in [2.75, 3.05) is 0 Å². The van der Waals surface area contributed by atoms with Crippen molar-refractivity contribution in [3.05, 3.63) is 41.1 Å². The Morgan fingerprint density at radius 2 is 2.27 bits per heavy atom. The van der Waals surface area contributed by atoms with Crippen LogP contribution in [0.4, 0.5) is 0 Å². The number of nitrogens with zero attached hydrogens (tertiary/aromatic N) is 1. The molecule has 15 heavy (non-hydrogen) atoms. The molecule has 1 heterocycles. The number of amides is 1. The Balaban J connectivity index is 2.54. The van der Waals surface area contributed by atoms with Crippen molar-refractivity contribution >= 4 is 17.5 Å². The molecule has 0 aliphatic rings. The maximum Gasteiger partial charge on any atom is 0.254 e. The van der Waals surface area contributed by atoms with Gasteiger partial charge in [0.15, 0.2) is 0 Å². The van der Waals surface area contributed by atoms with Crippen LogP contribution in [0.5, 0.6) is 0 Å². The van der Waals surface area contributed by atoms with Crippen molar-refractivity contribution in [1.82, 2.24) is 5.16 Å². The minimum absolute atomic E-state index is 0.247. The molecular weight excluding hydrogens is 216 g/mol. The summed E-state index contributed by atoms with van der Waals surface area (Å²) in [7, 11) is 0. The van der Waals surface area contributed by atoms with Crippen molar-refractivity contribution in [2.24, 2.45) is 5.73 Å². The molecule has 0 aliphatic carbocycles. The summed E-state index contributed by atoms with van der Waals surface area (Å²) in [5.74, 6) is -0.578. The molecule has 2 rings (SSSR count). The second-order valence-electron chi connectivity index (χ2n) is 2.95. The lowest BCUT2D eigenvalue weighted by molar-refractivity contribution is 0.1000. The van der Waals surface area contributed by atoms with Gasteiger partial charge >= 0.3 is 0 Å². The molecular formula is C10H7ClN2O2. The van der Waals surface area contributed by atoms with E-state index in [9.17, 15) is 4.79 Å². The lowest BCUT2D eigenvalue weighted by Gasteiger charge is -1.98. The molecule has 1 aromatic heterocycles. The second-order valence-corrected chi connectivity index (χ2v) is 3.39. The minimum Gasteiger partial charge on any atom is -0.365 e. The van der Waals surface area contributed by atoms with Crippen molar-refractivity contribution in [1.29, 1.82) is 0 Å². The zero-order valence-electron chi connectivity index (χ0n) is 7.61. The Kier molecular flexibility index (Phi) is 2.43. The average Bonchev–Trinajstić information content (AvgIpc) is 2.65. The van der Waals surface area contributed by atoms with Crippen molar-refractivity contribution in [2.45, 2.75) is 0 Å². The lowest BCUT2D eigenvalue weighted by Crippen LogP contribution is -2.10. The molecule has 5 heteroatoms. The maximum absolute atomic E-state index is 11.0. The molecule has 0 bridgehead atoms. The van der Waals surface area contributed by atoms with Gasteiger partial charge in [0.25, 0.3) is 5.91 Å². The van der Waals surface area contributed by atoms with Crippen molar-refractivity contribution < 1.29 is 9.32 Å². The van der Waals surface area contributed by atoms with Gasteiger partial charge < -0.3 is 10.3 Å². The fraction of sp³-hybridized carbons (Fsp3) is 0. The minimum atomic E-state index is -0.578. The van der Waals surface area contributed by atoms with E-state index in [2.05, 4.69) is 5.16 Å². The molecule has 0 saturated heterocycles. The summed E-state index contributed by atoms with van der Waals surface area (Å²) in [5, 5.41) is 4.28. The highest BCUT2D eigenvalue weighted by Gasteiger charge is 2.14. The van der Waals surface area contributed by atoms with Gasteiger partial charge in [0, 0.05) is 10.6 Å². The van der Waals surface area contributed by atoms with E-state index in [0.29, 0.717) is 16.3 Å². The van der Waals surface area contributed by atoms with Crippen LogP contribution in [-0.2, 0) is 0 Å². The van der Waals surface area contributed by atoms with E-state index in [0.717, 1.165) is 0 Å². The Morgan fingerprint density at radius 1 is 1.47 bits per heavy atom. The molecule has 0 unspecified atom stereocenters. The highest BCUT2D eigenvalue weighted by Crippen LogP contribution is 2.24. The molecule has 0 radical (unpaired) electrons. The summed E-state index contributed by atoms with van der Waals surface area (Å²) < 4.78 is 4.71. The largest absolute Gasteiger partial charge is 0.365 e. The van der Waals surface area contributed by atoms with Gasteiger partial charge in [-0.15, -0.1) is 0 Å². The van der Waals surface area contributed by atoms with Gasteiger partial charge in [-0.3, -0.25) is 4.79 Å². The summed E-state index contributed by atoms with van der Waals surface area (Å²) in [4.78, 5) is 11.0. The fourth-order valence-corrected chi connectivity index (χ4v) is 1.45. The Morgan fingerprint density at radius 3 is 2.93 bits per heavy atom. The van der Waals surface area contributed by atoms with E-state index in [-0.39, 0.29) is 5.56 Å². The monoisotopic (exact) mass is 222 g/mol. The summed E-state index contributed by atoms with van der Waals surface area (Å²) in [5.41, 5.74) is 6.52. The molecule has 0 atom stereocenters. The summed E-state index contributed by atoms with van der Waals surface area (Å²) in [6.45, 7) is 0. The lowest BCUT2D eigenvalue weighted by atomic mass is 10.1. The molecule has 4 nitrogen and oxygen atoms in total. The van der Waals surface area contributed by atoms with E-state index in [1.54, 1.807) is 24.3 Å². The van der Waals surface area contributed by atoms with Gasteiger partial charge in [-0.2, -0.15) is 0 Å². The number of carbonyl (C=O) groups excluding carboxylic acids is 1. The molecule has 1 aromatic carbocycles. The number of carbonyl (C=O) groups is 1. The molecule has 2 N–H and O–H groups in total. The van der Waals surface area contributed by atoms with Gasteiger partial charge in [0.2, 0.25) is 0 Å². The Bertz CT molecular complexity index is 508. The van der Waals surface area contributed by atoms with Crippen LogP contribution in [0.3, 0.4) is 0 Å². The first-order valence-electron chi connectivity index (χ1n) is 4.18. The van der Waals surface area contributed by atoms with E-state index in [4.69, 9.17) is 21.9 Å². The number of primary amides is 1. The molecule has 1 amide bonds. The van der Waals surface area contributed by atoms with Crippen LogP contribution in [0.2, 0.25) is 5.02 Å². The highest BCUT2D eigenvalue weighted by molar-refractivity contribution is 6.30. The Labute approximate surface area is 90.6 Å². The topological polar surface area (TPSA) is 69.1 Å².